The third-order valence-electron chi connectivity index (χ3n) is 8.00. The van der Waals surface area contributed by atoms with Crippen molar-refractivity contribution < 1.29 is 19.1 Å². The van der Waals surface area contributed by atoms with Gasteiger partial charge in [0, 0.05) is 23.9 Å². The average molecular weight is 481 g/mol. The summed E-state index contributed by atoms with van der Waals surface area (Å²) >= 11 is 0. The molecule has 36 heavy (non-hydrogen) atoms. The quantitative estimate of drug-likeness (QED) is 0.600. The molecular weight excluding hydrogens is 456 g/mol. The molecule has 8 heteroatoms. The minimum atomic E-state index is -0.653. The molecule has 3 aromatic rings. The van der Waals surface area contributed by atoms with E-state index >= 15 is 0 Å². The zero-order valence-electron chi connectivity index (χ0n) is 19.5. The van der Waals surface area contributed by atoms with E-state index in [2.05, 4.69) is 21.7 Å². The largest absolute Gasteiger partial charge is 0.366 e. The molecule has 3 amide bonds. The number of aromatic nitrogens is 1. The van der Waals surface area contributed by atoms with Crippen LogP contribution in [0.2, 0.25) is 0 Å². The van der Waals surface area contributed by atoms with E-state index < -0.39 is 5.41 Å². The fourth-order valence-electron chi connectivity index (χ4n) is 6.36. The molecule has 0 bridgehead atoms. The maximum atomic E-state index is 13.1. The molecule has 3 atom stereocenters. The normalized spacial score (nSPS) is 25.3. The van der Waals surface area contributed by atoms with Crippen LogP contribution in [0.3, 0.4) is 0 Å². The lowest BCUT2D eigenvalue weighted by Gasteiger charge is -2.37. The lowest BCUT2D eigenvalue weighted by Crippen LogP contribution is -2.50. The Labute approximate surface area is 207 Å². The molecule has 1 unspecified atom stereocenters. The molecule has 2 aliphatic carbocycles. The van der Waals surface area contributed by atoms with E-state index in [0.717, 1.165) is 34.2 Å². The molecule has 1 spiro atoms. The maximum absolute atomic E-state index is 13.1. The van der Waals surface area contributed by atoms with Crippen LogP contribution in [-0.4, -0.2) is 46.9 Å². The molecule has 1 fully saturated rings. The summed E-state index contributed by atoms with van der Waals surface area (Å²) in [6, 6.07) is 17.4. The Morgan fingerprint density at radius 1 is 1.08 bits per heavy atom. The van der Waals surface area contributed by atoms with Gasteiger partial charge in [0.2, 0.25) is 17.7 Å². The number of rotatable bonds is 3. The van der Waals surface area contributed by atoms with Gasteiger partial charge in [-0.1, -0.05) is 36.4 Å². The van der Waals surface area contributed by atoms with Crippen molar-refractivity contribution in [2.75, 3.05) is 23.8 Å². The number of amides is 3. The number of hydrogen-bond acceptors (Lipinski definition) is 5. The lowest BCUT2D eigenvalue weighted by atomic mass is 9.79. The summed E-state index contributed by atoms with van der Waals surface area (Å²) in [7, 11) is 0. The smallest absolute Gasteiger partial charge is 0.249 e. The fourth-order valence-corrected chi connectivity index (χ4v) is 6.36. The third kappa shape index (κ3) is 3.10. The van der Waals surface area contributed by atoms with Crippen molar-refractivity contribution >= 4 is 29.2 Å². The first-order chi connectivity index (χ1) is 17.5. The van der Waals surface area contributed by atoms with E-state index in [1.165, 1.54) is 0 Å². The number of benzene rings is 2. The highest BCUT2D eigenvalue weighted by atomic mass is 16.5. The van der Waals surface area contributed by atoms with Crippen molar-refractivity contribution in [3.63, 3.8) is 0 Å². The van der Waals surface area contributed by atoms with Crippen LogP contribution in [0.15, 0.2) is 60.8 Å². The van der Waals surface area contributed by atoms with Gasteiger partial charge in [0.15, 0.2) is 0 Å². The van der Waals surface area contributed by atoms with Crippen LogP contribution < -0.4 is 10.6 Å². The van der Waals surface area contributed by atoms with Crippen molar-refractivity contribution in [3.8, 4) is 0 Å². The van der Waals surface area contributed by atoms with Gasteiger partial charge in [-0.3, -0.25) is 14.4 Å². The Balaban J connectivity index is 1.10. The Hall–Kier alpha value is -4.04. The van der Waals surface area contributed by atoms with Crippen LogP contribution in [0, 0.1) is 0 Å². The fraction of sp³-hybridized carbons (Fsp3) is 0.286. The third-order valence-corrected chi connectivity index (χ3v) is 8.00. The number of ether oxygens (including phenoxy) is 1. The van der Waals surface area contributed by atoms with E-state index in [9.17, 15) is 14.4 Å². The first kappa shape index (κ1) is 21.3. The summed E-state index contributed by atoms with van der Waals surface area (Å²) in [5, 5.41) is 5.89. The number of carbonyl (C=O) groups excluding carboxylic acids is 3. The summed E-state index contributed by atoms with van der Waals surface area (Å²) in [6.07, 6.45) is 3.45. The molecule has 7 rings (SSSR count). The molecule has 0 saturated carbocycles. The molecule has 180 valence electrons. The predicted molar refractivity (Wildman–Crippen MR) is 131 cm³/mol. The average Bonchev–Trinajstić information content (AvgIpc) is 3.52. The highest BCUT2D eigenvalue weighted by molar-refractivity contribution is 6.06. The summed E-state index contributed by atoms with van der Waals surface area (Å²) in [4.78, 5) is 44.7. The van der Waals surface area contributed by atoms with Crippen LogP contribution in [0.5, 0.6) is 0 Å². The molecular formula is C28H24N4O4. The van der Waals surface area contributed by atoms with E-state index in [0.29, 0.717) is 24.3 Å². The number of hydrogen-bond donors (Lipinski definition) is 2. The predicted octanol–water partition coefficient (Wildman–Crippen LogP) is 2.53. The number of nitrogens with one attached hydrogen (secondary N) is 2. The first-order valence-electron chi connectivity index (χ1n) is 12.2. The number of fused-ring (bicyclic) bond motifs is 6. The van der Waals surface area contributed by atoms with Gasteiger partial charge in [0.25, 0.3) is 0 Å². The number of morpholine rings is 1. The second-order valence-electron chi connectivity index (χ2n) is 10.0. The van der Waals surface area contributed by atoms with Gasteiger partial charge in [0.05, 0.1) is 17.6 Å². The van der Waals surface area contributed by atoms with E-state index in [-0.39, 0.29) is 43.0 Å². The Morgan fingerprint density at radius 2 is 1.94 bits per heavy atom. The van der Waals surface area contributed by atoms with E-state index in [4.69, 9.17) is 4.74 Å². The lowest BCUT2D eigenvalue weighted by molar-refractivity contribution is -0.157. The molecule has 3 heterocycles. The number of nitrogens with zero attached hydrogens (tertiary/aromatic N) is 2. The van der Waals surface area contributed by atoms with Gasteiger partial charge >= 0.3 is 0 Å². The Bertz CT molecular complexity index is 1450. The van der Waals surface area contributed by atoms with Gasteiger partial charge in [-0.2, -0.15) is 0 Å². The molecule has 1 saturated heterocycles. The summed E-state index contributed by atoms with van der Waals surface area (Å²) in [5.41, 5.74) is 5.27. The van der Waals surface area contributed by atoms with Crippen molar-refractivity contribution in [3.05, 3.63) is 88.6 Å². The topological polar surface area (TPSA) is 101 Å². The van der Waals surface area contributed by atoms with Gasteiger partial charge in [-0.05, 0) is 53.3 Å². The molecule has 1 aromatic heterocycles. The first-order valence-corrected chi connectivity index (χ1v) is 12.2. The van der Waals surface area contributed by atoms with Gasteiger partial charge in [-0.25, -0.2) is 4.98 Å². The van der Waals surface area contributed by atoms with Crippen LogP contribution in [-0.2, 0) is 43.8 Å². The van der Waals surface area contributed by atoms with Crippen molar-refractivity contribution in [1.29, 1.82) is 0 Å². The summed E-state index contributed by atoms with van der Waals surface area (Å²) < 4.78 is 5.80. The van der Waals surface area contributed by atoms with Crippen LogP contribution in [0.1, 0.15) is 33.9 Å². The molecule has 8 nitrogen and oxygen atoms in total. The van der Waals surface area contributed by atoms with Crippen LogP contribution >= 0.6 is 0 Å². The Kier molecular flexibility index (Phi) is 4.56. The number of anilines is 2. The highest BCUT2D eigenvalue weighted by Gasteiger charge is 2.51. The van der Waals surface area contributed by atoms with Gasteiger partial charge in [-0.15, -0.1) is 0 Å². The van der Waals surface area contributed by atoms with Crippen LogP contribution in [0.4, 0.5) is 11.5 Å². The van der Waals surface area contributed by atoms with E-state index in [1.807, 2.05) is 48.5 Å². The standard InChI is InChI=1S/C28H24N4O4/c33-23(14-32-24(34)15-36-22-11-16-4-1-2-5-20(16)25(22)32)30-19-8-7-17-12-28(13-18(17)10-19)21-6-3-9-29-26(21)31-27(28)35/h1-10,22,25H,11-15H2,(H,30,33)(H,29,31,35)/t22-,25+,28?/m0/s1. The molecule has 4 aliphatic rings. The molecule has 2 aromatic carbocycles. The molecule has 0 radical (unpaired) electrons. The van der Waals surface area contributed by atoms with Crippen LogP contribution in [0.25, 0.3) is 0 Å². The van der Waals surface area contributed by atoms with Crippen molar-refractivity contribution in [2.45, 2.75) is 36.8 Å². The van der Waals surface area contributed by atoms with Gasteiger partial charge < -0.3 is 20.3 Å². The van der Waals surface area contributed by atoms with Crippen molar-refractivity contribution in [1.82, 2.24) is 9.88 Å². The highest BCUT2D eigenvalue weighted by Crippen LogP contribution is 2.47. The SMILES string of the molecule is O=C(CN1C(=O)CO[C@H]2Cc3ccccc3[C@H]21)Nc1ccc2c(c1)CC1(C2)C(=O)Nc2ncccc21. The minimum Gasteiger partial charge on any atom is -0.366 e. The number of pyridine rings is 1. The second kappa shape index (κ2) is 7.73. The summed E-state index contributed by atoms with van der Waals surface area (Å²) in [6.45, 7) is -0.0536. The number of carbonyl (C=O) groups is 3. The minimum absolute atomic E-state index is 0.0121. The zero-order valence-corrected chi connectivity index (χ0v) is 19.5. The molecule has 2 aliphatic heterocycles. The zero-order chi connectivity index (χ0) is 24.4. The second-order valence-corrected chi connectivity index (χ2v) is 10.0. The summed E-state index contributed by atoms with van der Waals surface area (Å²) in [5.74, 6) is 0.161. The van der Waals surface area contributed by atoms with Gasteiger partial charge in [0.1, 0.15) is 19.0 Å². The Morgan fingerprint density at radius 3 is 2.86 bits per heavy atom. The monoisotopic (exact) mass is 480 g/mol. The maximum Gasteiger partial charge on any atom is 0.249 e. The molecule has 2 N–H and O–H groups in total. The van der Waals surface area contributed by atoms with Crippen molar-refractivity contribution in [2.24, 2.45) is 0 Å². The van der Waals surface area contributed by atoms with E-state index in [1.54, 1.807) is 11.1 Å².